The number of nitrogens with zero attached hydrogens (tertiary/aromatic N) is 2. The molecule has 1 heterocycles. The van der Waals surface area contributed by atoms with Crippen LogP contribution in [-0.2, 0) is 13.5 Å². The average molecular weight is 230 g/mol. The molecule has 0 saturated carbocycles. The Hall–Kier alpha value is -0.540. The molecule has 15 heavy (non-hydrogen) atoms. The minimum atomic E-state index is 0.496. The summed E-state index contributed by atoms with van der Waals surface area (Å²) in [6, 6.07) is 0.496. The molecule has 0 aliphatic carbocycles. The van der Waals surface area contributed by atoms with Gasteiger partial charge in [-0.3, -0.25) is 4.68 Å². The van der Waals surface area contributed by atoms with Crippen molar-refractivity contribution in [3.05, 3.63) is 16.4 Å². The van der Waals surface area contributed by atoms with Crippen LogP contribution >= 0.6 is 11.6 Å². The maximum absolute atomic E-state index is 6.19. The maximum atomic E-state index is 6.19. The molecule has 0 aliphatic rings. The summed E-state index contributed by atoms with van der Waals surface area (Å²) >= 11 is 6.19. The third kappa shape index (κ3) is 2.95. The molecule has 0 fully saturated rings. The molecule has 4 heteroatoms. The van der Waals surface area contributed by atoms with Gasteiger partial charge >= 0.3 is 0 Å². The fourth-order valence-corrected chi connectivity index (χ4v) is 2.05. The van der Waals surface area contributed by atoms with Crippen molar-refractivity contribution in [1.82, 2.24) is 15.1 Å². The Labute approximate surface area is 96.8 Å². The van der Waals surface area contributed by atoms with Crippen LogP contribution in [0.5, 0.6) is 0 Å². The van der Waals surface area contributed by atoms with Gasteiger partial charge in [-0.2, -0.15) is 5.10 Å². The molecule has 1 N–H and O–H groups in total. The van der Waals surface area contributed by atoms with Crippen LogP contribution in [0.2, 0.25) is 5.15 Å². The van der Waals surface area contributed by atoms with Crippen LogP contribution in [0.25, 0.3) is 0 Å². The first-order chi connectivity index (χ1) is 7.10. The van der Waals surface area contributed by atoms with Crippen molar-refractivity contribution in [2.45, 2.75) is 39.7 Å². The molecule has 0 spiro atoms. The van der Waals surface area contributed by atoms with Crippen molar-refractivity contribution in [3.8, 4) is 0 Å². The van der Waals surface area contributed by atoms with Crippen LogP contribution in [0, 0.1) is 6.92 Å². The zero-order valence-corrected chi connectivity index (χ0v) is 10.7. The molecule has 0 aromatic carbocycles. The number of rotatable bonds is 5. The minimum Gasteiger partial charge on any atom is -0.314 e. The van der Waals surface area contributed by atoms with Crippen LogP contribution in [0.15, 0.2) is 0 Å². The third-order valence-electron chi connectivity index (χ3n) is 2.71. The molecule has 1 unspecified atom stereocenters. The van der Waals surface area contributed by atoms with Gasteiger partial charge in [0.25, 0.3) is 0 Å². The number of aryl methyl sites for hydroxylation is 2. The predicted octanol–water partition coefficient (Wildman–Crippen LogP) is 2.31. The Morgan fingerprint density at radius 3 is 2.53 bits per heavy atom. The average Bonchev–Trinajstić information content (AvgIpc) is 2.44. The number of halogens is 1. The summed E-state index contributed by atoms with van der Waals surface area (Å²) in [7, 11) is 1.88. The highest BCUT2D eigenvalue weighted by molar-refractivity contribution is 6.30. The van der Waals surface area contributed by atoms with E-state index in [1.807, 2.05) is 14.0 Å². The number of aromatic nitrogens is 2. The molecular weight excluding hydrogens is 210 g/mol. The van der Waals surface area contributed by atoms with E-state index in [1.165, 1.54) is 5.56 Å². The molecular formula is C11H20ClN3. The van der Waals surface area contributed by atoms with E-state index in [1.54, 1.807) is 4.68 Å². The lowest BCUT2D eigenvalue weighted by atomic mass is 10.0. The highest BCUT2D eigenvalue weighted by atomic mass is 35.5. The van der Waals surface area contributed by atoms with Gasteiger partial charge in [0, 0.05) is 18.7 Å². The number of hydrogen-bond donors (Lipinski definition) is 1. The van der Waals surface area contributed by atoms with E-state index in [-0.39, 0.29) is 0 Å². The zero-order chi connectivity index (χ0) is 11.4. The minimum absolute atomic E-state index is 0.496. The molecule has 1 atom stereocenters. The lowest BCUT2D eigenvalue weighted by molar-refractivity contribution is 0.509. The standard InChI is InChI=1S/C11H20ClN3/c1-5-9(13-6-2)7-10-8(3)14-15(4)11(10)12/h9,13H,5-7H2,1-4H3. The quantitative estimate of drug-likeness (QED) is 0.840. The second-order valence-electron chi connectivity index (χ2n) is 3.85. The maximum Gasteiger partial charge on any atom is 0.130 e. The molecule has 0 bridgehead atoms. The highest BCUT2D eigenvalue weighted by Gasteiger charge is 2.15. The fourth-order valence-electron chi connectivity index (χ4n) is 1.80. The normalized spacial score (nSPS) is 13.1. The number of nitrogens with one attached hydrogen (secondary N) is 1. The SMILES string of the molecule is CCNC(CC)Cc1c(C)nn(C)c1Cl. The summed E-state index contributed by atoms with van der Waals surface area (Å²) < 4.78 is 1.74. The highest BCUT2D eigenvalue weighted by Crippen LogP contribution is 2.20. The van der Waals surface area contributed by atoms with Gasteiger partial charge in [0.2, 0.25) is 0 Å². The van der Waals surface area contributed by atoms with Gasteiger partial charge in [0.1, 0.15) is 5.15 Å². The van der Waals surface area contributed by atoms with Crippen LogP contribution in [-0.4, -0.2) is 22.4 Å². The van der Waals surface area contributed by atoms with E-state index in [0.717, 1.165) is 30.2 Å². The van der Waals surface area contributed by atoms with Crippen LogP contribution < -0.4 is 5.32 Å². The summed E-state index contributed by atoms with van der Waals surface area (Å²) in [5, 5.41) is 8.53. The van der Waals surface area contributed by atoms with Gasteiger partial charge in [-0.05, 0) is 26.3 Å². The molecule has 0 radical (unpaired) electrons. The van der Waals surface area contributed by atoms with E-state index in [9.17, 15) is 0 Å². The van der Waals surface area contributed by atoms with Gasteiger partial charge < -0.3 is 5.32 Å². The van der Waals surface area contributed by atoms with Gasteiger partial charge in [0.05, 0.1) is 5.69 Å². The van der Waals surface area contributed by atoms with Crippen molar-refractivity contribution in [2.24, 2.45) is 7.05 Å². The Kier molecular flexibility index (Phi) is 4.61. The molecule has 1 rings (SSSR count). The van der Waals surface area contributed by atoms with Gasteiger partial charge in [0.15, 0.2) is 0 Å². The summed E-state index contributed by atoms with van der Waals surface area (Å²) in [6.45, 7) is 7.32. The number of likely N-dealkylation sites (N-methyl/N-ethyl adjacent to an activating group) is 1. The van der Waals surface area contributed by atoms with Gasteiger partial charge in [-0.1, -0.05) is 25.4 Å². The molecule has 0 amide bonds. The Bertz CT molecular complexity index is 320. The zero-order valence-electron chi connectivity index (χ0n) is 9.97. The van der Waals surface area contributed by atoms with Crippen molar-refractivity contribution >= 4 is 11.6 Å². The molecule has 0 aliphatic heterocycles. The van der Waals surface area contributed by atoms with Crippen molar-refractivity contribution in [1.29, 1.82) is 0 Å². The lowest BCUT2D eigenvalue weighted by Crippen LogP contribution is -2.30. The number of hydrogen-bond acceptors (Lipinski definition) is 2. The van der Waals surface area contributed by atoms with E-state index in [4.69, 9.17) is 11.6 Å². The smallest absolute Gasteiger partial charge is 0.130 e. The van der Waals surface area contributed by atoms with Crippen molar-refractivity contribution in [2.75, 3.05) is 6.54 Å². The third-order valence-corrected chi connectivity index (χ3v) is 3.18. The summed E-state index contributed by atoms with van der Waals surface area (Å²) in [6.07, 6.45) is 2.07. The predicted molar refractivity (Wildman–Crippen MR) is 64.4 cm³/mol. The first-order valence-corrected chi connectivity index (χ1v) is 5.89. The van der Waals surface area contributed by atoms with E-state index >= 15 is 0 Å². The Balaban J connectivity index is 2.78. The second kappa shape index (κ2) is 5.52. The first-order valence-electron chi connectivity index (χ1n) is 5.51. The summed E-state index contributed by atoms with van der Waals surface area (Å²) in [5.41, 5.74) is 2.21. The molecule has 0 saturated heterocycles. The molecule has 3 nitrogen and oxygen atoms in total. The Morgan fingerprint density at radius 1 is 1.47 bits per heavy atom. The lowest BCUT2D eigenvalue weighted by Gasteiger charge is -2.15. The molecule has 86 valence electrons. The molecule has 1 aromatic heterocycles. The summed E-state index contributed by atoms with van der Waals surface area (Å²) in [4.78, 5) is 0. The molecule has 1 aromatic rings. The van der Waals surface area contributed by atoms with Crippen molar-refractivity contribution < 1.29 is 0 Å². The van der Waals surface area contributed by atoms with Crippen LogP contribution in [0.4, 0.5) is 0 Å². The monoisotopic (exact) mass is 229 g/mol. The largest absolute Gasteiger partial charge is 0.314 e. The second-order valence-corrected chi connectivity index (χ2v) is 4.20. The fraction of sp³-hybridized carbons (Fsp3) is 0.727. The van der Waals surface area contributed by atoms with Gasteiger partial charge in [-0.15, -0.1) is 0 Å². The van der Waals surface area contributed by atoms with Gasteiger partial charge in [-0.25, -0.2) is 0 Å². The van der Waals surface area contributed by atoms with E-state index in [0.29, 0.717) is 6.04 Å². The topological polar surface area (TPSA) is 29.9 Å². The Morgan fingerprint density at radius 2 is 2.13 bits per heavy atom. The first kappa shape index (κ1) is 12.5. The van der Waals surface area contributed by atoms with E-state index < -0.39 is 0 Å². The summed E-state index contributed by atoms with van der Waals surface area (Å²) in [5.74, 6) is 0. The van der Waals surface area contributed by atoms with Crippen molar-refractivity contribution in [3.63, 3.8) is 0 Å². The van der Waals surface area contributed by atoms with Crippen LogP contribution in [0.1, 0.15) is 31.5 Å². The van der Waals surface area contributed by atoms with Crippen LogP contribution in [0.3, 0.4) is 0 Å². The van der Waals surface area contributed by atoms with E-state index in [2.05, 4.69) is 24.3 Å².